The van der Waals surface area contributed by atoms with Crippen molar-refractivity contribution in [3.8, 4) is 0 Å². The molecule has 1 fully saturated rings. The van der Waals surface area contributed by atoms with Crippen molar-refractivity contribution in [1.29, 1.82) is 0 Å². The highest BCUT2D eigenvalue weighted by Crippen LogP contribution is 2.47. The zero-order chi connectivity index (χ0) is 42.3. The Morgan fingerprint density at radius 1 is 0.614 bits per heavy atom. The molecule has 1 aliphatic carbocycles. The van der Waals surface area contributed by atoms with Gasteiger partial charge in [0.1, 0.15) is 36.6 Å². The molecule has 0 saturated heterocycles. The number of hydrogen-bond acceptors (Lipinski definition) is 11. The van der Waals surface area contributed by atoms with Gasteiger partial charge in [0.05, 0.1) is 31.3 Å². The van der Waals surface area contributed by atoms with Crippen LogP contribution in [-0.2, 0) is 18.4 Å². The lowest BCUT2D eigenvalue weighted by molar-refractivity contribution is -0.220. The molecule has 0 aliphatic heterocycles. The molecule has 0 radical (unpaired) electrons. The van der Waals surface area contributed by atoms with Gasteiger partial charge in [-0.25, -0.2) is 4.57 Å². The van der Waals surface area contributed by atoms with Crippen LogP contribution >= 0.6 is 7.82 Å². The van der Waals surface area contributed by atoms with E-state index in [9.17, 15) is 50.0 Å². The number of aliphatic hydroxyl groups excluding tert-OH is 7. The van der Waals surface area contributed by atoms with E-state index in [1.54, 1.807) is 6.08 Å². The molecule has 0 aromatic heterocycles. The summed E-state index contributed by atoms with van der Waals surface area (Å²) in [6.45, 7) is 3.69. The second-order valence-electron chi connectivity index (χ2n) is 16.1. The predicted molar refractivity (Wildman–Crippen MR) is 224 cm³/mol. The van der Waals surface area contributed by atoms with E-state index in [-0.39, 0.29) is 6.42 Å². The highest BCUT2D eigenvalue weighted by atomic mass is 31.2. The monoisotopic (exact) mass is 836 g/mol. The van der Waals surface area contributed by atoms with E-state index in [0.29, 0.717) is 12.8 Å². The molecule has 14 heteroatoms. The van der Waals surface area contributed by atoms with Crippen molar-refractivity contribution >= 4 is 13.7 Å². The zero-order valence-corrected chi connectivity index (χ0v) is 36.1. The number of unbranched alkanes of at least 4 members (excludes halogenated alkanes) is 21. The summed E-state index contributed by atoms with van der Waals surface area (Å²) in [5, 5.41) is 74.2. The number of hydrogen-bond donors (Lipinski definition) is 9. The van der Waals surface area contributed by atoms with Gasteiger partial charge in [0.15, 0.2) is 0 Å². The van der Waals surface area contributed by atoms with E-state index in [1.165, 1.54) is 89.5 Å². The molecule has 57 heavy (non-hydrogen) atoms. The van der Waals surface area contributed by atoms with E-state index < -0.39 is 75.2 Å². The van der Waals surface area contributed by atoms with E-state index in [2.05, 4.69) is 31.3 Å². The first kappa shape index (κ1) is 53.8. The Morgan fingerprint density at radius 3 is 1.49 bits per heavy atom. The van der Waals surface area contributed by atoms with Crippen LogP contribution in [0.3, 0.4) is 0 Å². The summed E-state index contributed by atoms with van der Waals surface area (Å²) in [5.41, 5.74) is 0. The van der Waals surface area contributed by atoms with Gasteiger partial charge >= 0.3 is 7.82 Å². The first-order valence-electron chi connectivity index (χ1n) is 22.4. The second kappa shape index (κ2) is 33.5. The topological polar surface area (TPSA) is 226 Å². The average Bonchev–Trinajstić information content (AvgIpc) is 3.18. The molecule has 13 nitrogen and oxygen atoms in total. The van der Waals surface area contributed by atoms with Gasteiger partial charge in [0.25, 0.3) is 0 Å². The van der Waals surface area contributed by atoms with Gasteiger partial charge in [-0.3, -0.25) is 13.8 Å². The summed E-state index contributed by atoms with van der Waals surface area (Å²) < 4.78 is 22.8. The lowest BCUT2D eigenvalue weighted by atomic mass is 9.85. The third-order valence-corrected chi connectivity index (χ3v) is 11.8. The van der Waals surface area contributed by atoms with Crippen LogP contribution in [0, 0.1) is 0 Å². The molecule has 8 unspecified atom stereocenters. The molecule has 1 aliphatic rings. The van der Waals surface area contributed by atoms with Gasteiger partial charge in [-0.15, -0.1) is 0 Å². The minimum absolute atomic E-state index is 0.249. The third-order valence-electron chi connectivity index (χ3n) is 10.8. The molecule has 9 N–H and O–H groups in total. The van der Waals surface area contributed by atoms with Crippen molar-refractivity contribution in [2.45, 2.75) is 236 Å². The minimum atomic E-state index is -5.13. The molecule has 0 aromatic rings. The maximum Gasteiger partial charge on any atom is 0.472 e. The fourth-order valence-corrected chi connectivity index (χ4v) is 8.02. The molecule has 336 valence electrons. The number of carbonyl (C=O) groups is 1. The first-order valence-corrected chi connectivity index (χ1v) is 23.9. The Kier molecular flexibility index (Phi) is 31.6. The van der Waals surface area contributed by atoms with Crippen LogP contribution in [0.15, 0.2) is 24.3 Å². The fourth-order valence-electron chi connectivity index (χ4n) is 7.06. The van der Waals surface area contributed by atoms with Crippen LogP contribution in [0.4, 0.5) is 0 Å². The summed E-state index contributed by atoms with van der Waals surface area (Å²) in [7, 11) is -5.13. The number of rotatable bonds is 36. The molecule has 1 rings (SSSR count). The summed E-state index contributed by atoms with van der Waals surface area (Å²) >= 11 is 0. The zero-order valence-electron chi connectivity index (χ0n) is 35.3. The maximum absolute atomic E-state index is 12.9. The van der Waals surface area contributed by atoms with E-state index in [1.807, 2.05) is 0 Å². The molecule has 0 heterocycles. The van der Waals surface area contributed by atoms with Crippen LogP contribution in [-0.4, -0.2) is 108 Å². The fraction of sp³-hybridized carbons (Fsp3) is 0.884. The second-order valence-corrected chi connectivity index (χ2v) is 17.5. The molecular formula is C43H82NO12P. The van der Waals surface area contributed by atoms with Gasteiger partial charge in [-0.1, -0.05) is 154 Å². The Balaban J connectivity index is 2.53. The van der Waals surface area contributed by atoms with Crippen molar-refractivity contribution in [3.05, 3.63) is 24.3 Å². The number of amides is 1. The lowest BCUT2D eigenvalue weighted by Crippen LogP contribution is -2.64. The maximum atomic E-state index is 12.9. The Hall–Kier alpha value is -1.22. The summed E-state index contributed by atoms with van der Waals surface area (Å²) in [4.78, 5) is 23.3. The molecule has 0 aromatic carbocycles. The Morgan fingerprint density at radius 2 is 1.02 bits per heavy atom. The normalized spacial score (nSPS) is 24.2. The van der Waals surface area contributed by atoms with Gasteiger partial charge in [0, 0.05) is 0 Å². The average molecular weight is 836 g/mol. The Bertz CT molecular complexity index is 1080. The van der Waals surface area contributed by atoms with Crippen molar-refractivity contribution in [1.82, 2.24) is 5.32 Å². The van der Waals surface area contributed by atoms with Gasteiger partial charge in [0.2, 0.25) is 5.91 Å². The SMILES string of the molecule is CCCCCCCCCC/C=C\CCCCCCCC(O)CC(=O)NC(COP(=O)(O)OC1C(O)C(O)C(O)C(O)C1O)C(O)/C=C/CCCCCCCCCC. The highest BCUT2D eigenvalue weighted by molar-refractivity contribution is 7.47. The van der Waals surface area contributed by atoms with Crippen molar-refractivity contribution < 1.29 is 59.0 Å². The van der Waals surface area contributed by atoms with Gasteiger partial charge in [-0.05, 0) is 44.9 Å². The number of phosphoric ester groups is 1. The summed E-state index contributed by atoms with van der Waals surface area (Å²) in [5.74, 6) is -0.600. The van der Waals surface area contributed by atoms with Crippen molar-refractivity contribution in [2.24, 2.45) is 0 Å². The molecule has 1 saturated carbocycles. The summed E-state index contributed by atoms with van der Waals surface area (Å²) in [6, 6.07) is -1.24. The molecule has 1 amide bonds. The van der Waals surface area contributed by atoms with Gasteiger partial charge < -0.3 is 46.0 Å². The number of nitrogens with one attached hydrogen (secondary N) is 1. The first-order chi connectivity index (χ1) is 27.3. The molecule has 0 bridgehead atoms. The lowest BCUT2D eigenvalue weighted by Gasteiger charge is -2.41. The van der Waals surface area contributed by atoms with Crippen molar-refractivity contribution in [3.63, 3.8) is 0 Å². The summed E-state index contributed by atoms with van der Waals surface area (Å²) in [6.07, 6.45) is 21.4. The van der Waals surface area contributed by atoms with Crippen LogP contribution in [0.5, 0.6) is 0 Å². The minimum Gasteiger partial charge on any atom is -0.393 e. The predicted octanol–water partition coefficient (Wildman–Crippen LogP) is 6.81. The quantitative estimate of drug-likeness (QED) is 0.0180. The Labute approximate surface area is 344 Å². The standard InChI is InChI=1S/C43H82NO12P/c1-3-5-7-9-11-13-15-16-17-18-19-20-21-22-24-26-28-30-34(45)32-37(47)44-35(36(46)31-29-27-25-23-14-12-10-8-6-4-2)33-55-57(53,54)56-43-41(51)39(49)38(48)40(50)42(43)52/h18-19,29,31,34-36,38-43,45-46,48-52H,3-17,20-28,30,32-33H2,1-2H3,(H,44,47)(H,53,54)/b19-18-,31-29+. The molecule has 8 atom stereocenters. The number of carbonyl (C=O) groups excluding carboxylic acids is 1. The number of allylic oxidation sites excluding steroid dienone is 3. The molecular weight excluding hydrogens is 753 g/mol. The largest absolute Gasteiger partial charge is 0.472 e. The van der Waals surface area contributed by atoms with Gasteiger partial charge in [-0.2, -0.15) is 0 Å². The van der Waals surface area contributed by atoms with E-state index in [0.717, 1.165) is 64.2 Å². The van der Waals surface area contributed by atoms with E-state index in [4.69, 9.17) is 9.05 Å². The van der Waals surface area contributed by atoms with Crippen LogP contribution < -0.4 is 5.32 Å². The number of aliphatic hydroxyl groups is 7. The third kappa shape index (κ3) is 25.9. The smallest absolute Gasteiger partial charge is 0.393 e. The van der Waals surface area contributed by atoms with Crippen LogP contribution in [0.2, 0.25) is 0 Å². The number of phosphoric acid groups is 1. The highest BCUT2D eigenvalue weighted by Gasteiger charge is 2.51. The van der Waals surface area contributed by atoms with Crippen molar-refractivity contribution in [2.75, 3.05) is 6.61 Å². The van der Waals surface area contributed by atoms with Crippen LogP contribution in [0.25, 0.3) is 0 Å². The van der Waals surface area contributed by atoms with E-state index >= 15 is 0 Å². The van der Waals surface area contributed by atoms with Crippen LogP contribution in [0.1, 0.15) is 181 Å². The molecule has 0 spiro atoms.